The third-order valence-electron chi connectivity index (χ3n) is 5.00. The Bertz CT molecular complexity index is 1070. The normalized spacial score (nSPS) is 11.0. The molecule has 2 amide bonds. The van der Waals surface area contributed by atoms with E-state index in [1.54, 1.807) is 24.3 Å². The third kappa shape index (κ3) is 6.45. The maximum absolute atomic E-state index is 12.5. The molecule has 3 aromatic rings. The predicted molar refractivity (Wildman–Crippen MR) is 130 cm³/mol. The van der Waals surface area contributed by atoms with E-state index in [0.29, 0.717) is 22.7 Å². The lowest BCUT2D eigenvalue weighted by Gasteiger charge is -2.19. The van der Waals surface area contributed by atoms with Crippen LogP contribution in [0.15, 0.2) is 66.7 Å². The minimum atomic E-state index is -0.250. The molecule has 0 aliphatic carbocycles. The monoisotopic (exact) mass is 430 g/mol. The summed E-state index contributed by atoms with van der Waals surface area (Å²) in [5.74, 6) is 0.246. The zero-order valence-corrected chi connectivity index (χ0v) is 19.3. The fourth-order valence-electron chi connectivity index (χ4n) is 3.32. The molecule has 5 heteroatoms. The Balaban J connectivity index is 1.53. The smallest absolute Gasteiger partial charge is 0.262 e. The molecule has 0 fully saturated rings. The number of amides is 2. The van der Waals surface area contributed by atoms with E-state index in [1.807, 2.05) is 56.3 Å². The molecule has 0 atom stereocenters. The van der Waals surface area contributed by atoms with E-state index >= 15 is 0 Å². The van der Waals surface area contributed by atoms with Gasteiger partial charge < -0.3 is 15.4 Å². The van der Waals surface area contributed by atoms with Gasteiger partial charge in [0, 0.05) is 16.9 Å². The lowest BCUT2D eigenvalue weighted by molar-refractivity contribution is -0.118. The summed E-state index contributed by atoms with van der Waals surface area (Å²) in [7, 11) is 0. The van der Waals surface area contributed by atoms with Crippen molar-refractivity contribution in [2.45, 2.75) is 40.0 Å². The standard InChI is InChI=1S/C27H30N2O3/c1-18-14-19(2)16-24(15-18)32-17-25(30)28-22-10-12-23(13-11-22)29-26(31)20-6-8-21(9-7-20)27(3,4)5/h6-16H,17H2,1-5H3,(H,28,30)(H,29,31). The van der Waals surface area contributed by atoms with Gasteiger partial charge in [0.25, 0.3) is 11.8 Å². The molecule has 5 nitrogen and oxygen atoms in total. The van der Waals surface area contributed by atoms with Crippen LogP contribution < -0.4 is 15.4 Å². The van der Waals surface area contributed by atoms with E-state index in [0.717, 1.165) is 11.1 Å². The van der Waals surface area contributed by atoms with E-state index < -0.39 is 0 Å². The molecular weight excluding hydrogens is 400 g/mol. The predicted octanol–water partition coefficient (Wildman–Crippen LogP) is 5.87. The summed E-state index contributed by atoms with van der Waals surface area (Å²) in [6.07, 6.45) is 0. The molecule has 0 bridgehead atoms. The van der Waals surface area contributed by atoms with E-state index in [4.69, 9.17) is 4.74 Å². The van der Waals surface area contributed by atoms with Crippen LogP contribution in [0.1, 0.15) is 47.8 Å². The van der Waals surface area contributed by atoms with Gasteiger partial charge in [-0.3, -0.25) is 9.59 Å². The van der Waals surface area contributed by atoms with Crippen LogP contribution in [0.2, 0.25) is 0 Å². The van der Waals surface area contributed by atoms with Crippen LogP contribution in [-0.2, 0) is 10.2 Å². The van der Waals surface area contributed by atoms with Crippen molar-refractivity contribution in [3.05, 3.63) is 89.0 Å². The van der Waals surface area contributed by atoms with Crippen molar-refractivity contribution in [1.82, 2.24) is 0 Å². The first-order valence-electron chi connectivity index (χ1n) is 10.6. The first-order valence-corrected chi connectivity index (χ1v) is 10.6. The molecule has 0 aliphatic rings. The van der Waals surface area contributed by atoms with Gasteiger partial charge in [0.15, 0.2) is 6.61 Å². The van der Waals surface area contributed by atoms with Crippen LogP contribution >= 0.6 is 0 Å². The number of hydrogen-bond donors (Lipinski definition) is 2. The number of ether oxygens (including phenoxy) is 1. The van der Waals surface area contributed by atoms with Gasteiger partial charge >= 0.3 is 0 Å². The molecule has 0 unspecified atom stereocenters. The van der Waals surface area contributed by atoms with Crippen molar-refractivity contribution in [2.75, 3.05) is 17.2 Å². The summed E-state index contributed by atoms with van der Waals surface area (Å²) in [4.78, 5) is 24.7. The summed E-state index contributed by atoms with van der Waals surface area (Å²) < 4.78 is 5.59. The fourth-order valence-corrected chi connectivity index (χ4v) is 3.32. The Kier molecular flexibility index (Phi) is 6.98. The van der Waals surface area contributed by atoms with Gasteiger partial charge in [-0.05, 0) is 84.5 Å². The summed E-state index contributed by atoms with van der Waals surface area (Å²) in [6.45, 7) is 10.3. The Morgan fingerprint density at radius 3 is 1.84 bits per heavy atom. The molecule has 0 radical (unpaired) electrons. The Hall–Kier alpha value is -3.60. The molecule has 3 rings (SSSR count). The quantitative estimate of drug-likeness (QED) is 0.514. The number of aryl methyl sites for hydroxylation is 2. The van der Waals surface area contributed by atoms with Crippen molar-refractivity contribution >= 4 is 23.2 Å². The number of nitrogens with one attached hydrogen (secondary N) is 2. The second kappa shape index (κ2) is 9.69. The molecule has 3 aromatic carbocycles. The molecule has 0 heterocycles. The summed E-state index contributed by atoms with van der Waals surface area (Å²) in [5.41, 5.74) is 5.27. The molecular formula is C27H30N2O3. The van der Waals surface area contributed by atoms with Gasteiger partial charge in [-0.2, -0.15) is 0 Å². The van der Waals surface area contributed by atoms with Gasteiger partial charge in [0.2, 0.25) is 0 Å². The van der Waals surface area contributed by atoms with Gasteiger partial charge in [0.05, 0.1) is 0 Å². The minimum Gasteiger partial charge on any atom is -0.484 e. The van der Waals surface area contributed by atoms with Crippen molar-refractivity contribution < 1.29 is 14.3 Å². The van der Waals surface area contributed by atoms with Crippen LogP contribution in [-0.4, -0.2) is 18.4 Å². The van der Waals surface area contributed by atoms with Crippen LogP contribution in [0.5, 0.6) is 5.75 Å². The maximum Gasteiger partial charge on any atom is 0.262 e. The minimum absolute atomic E-state index is 0.0410. The third-order valence-corrected chi connectivity index (χ3v) is 5.00. The second-order valence-electron chi connectivity index (χ2n) is 9.02. The first kappa shape index (κ1) is 23.1. The molecule has 0 saturated heterocycles. The number of anilines is 2. The number of rotatable bonds is 6. The highest BCUT2D eigenvalue weighted by Gasteiger charge is 2.14. The Labute approximate surface area is 189 Å². The fraction of sp³-hybridized carbons (Fsp3) is 0.259. The highest BCUT2D eigenvalue weighted by Crippen LogP contribution is 2.23. The lowest BCUT2D eigenvalue weighted by atomic mass is 9.87. The molecule has 0 aliphatic heterocycles. The van der Waals surface area contributed by atoms with Crippen LogP contribution in [0.25, 0.3) is 0 Å². The topological polar surface area (TPSA) is 67.4 Å². The Morgan fingerprint density at radius 2 is 1.31 bits per heavy atom. The van der Waals surface area contributed by atoms with Crippen molar-refractivity contribution in [2.24, 2.45) is 0 Å². The van der Waals surface area contributed by atoms with Crippen molar-refractivity contribution in [3.63, 3.8) is 0 Å². The zero-order valence-electron chi connectivity index (χ0n) is 19.3. The van der Waals surface area contributed by atoms with Gasteiger partial charge in [-0.15, -0.1) is 0 Å². The number of hydrogen-bond acceptors (Lipinski definition) is 3. The Morgan fingerprint density at radius 1 is 0.781 bits per heavy atom. The maximum atomic E-state index is 12.5. The number of carbonyl (C=O) groups excluding carboxylic acids is 2. The van der Waals surface area contributed by atoms with E-state index in [2.05, 4.69) is 31.4 Å². The molecule has 0 saturated carbocycles. The average Bonchev–Trinajstić information content (AvgIpc) is 2.72. The zero-order chi connectivity index (χ0) is 23.3. The number of benzene rings is 3. The highest BCUT2D eigenvalue weighted by atomic mass is 16.5. The second-order valence-corrected chi connectivity index (χ2v) is 9.02. The first-order chi connectivity index (χ1) is 15.1. The molecule has 0 aromatic heterocycles. The van der Waals surface area contributed by atoms with Crippen molar-refractivity contribution in [3.8, 4) is 5.75 Å². The van der Waals surface area contributed by atoms with Crippen molar-refractivity contribution in [1.29, 1.82) is 0 Å². The molecule has 166 valence electrons. The molecule has 0 spiro atoms. The van der Waals surface area contributed by atoms with E-state index in [-0.39, 0.29) is 23.8 Å². The highest BCUT2D eigenvalue weighted by molar-refractivity contribution is 6.04. The summed E-state index contributed by atoms with van der Waals surface area (Å²) >= 11 is 0. The summed E-state index contributed by atoms with van der Waals surface area (Å²) in [5, 5.41) is 5.68. The van der Waals surface area contributed by atoms with Crippen LogP contribution in [0, 0.1) is 13.8 Å². The van der Waals surface area contributed by atoms with Crippen LogP contribution in [0.4, 0.5) is 11.4 Å². The molecule has 2 N–H and O–H groups in total. The van der Waals surface area contributed by atoms with Crippen LogP contribution in [0.3, 0.4) is 0 Å². The van der Waals surface area contributed by atoms with Gasteiger partial charge in [-0.1, -0.05) is 39.0 Å². The van der Waals surface area contributed by atoms with E-state index in [9.17, 15) is 9.59 Å². The lowest BCUT2D eigenvalue weighted by Crippen LogP contribution is -2.20. The average molecular weight is 431 g/mol. The number of carbonyl (C=O) groups is 2. The van der Waals surface area contributed by atoms with Gasteiger partial charge in [-0.25, -0.2) is 0 Å². The van der Waals surface area contributed by atoms with Gasteiger partial charge in [0.1, 0.15) is 5.75 Å². The SMILES string of the molecule is Cc1cc(C)cc(OCC(=O)Nc2ccc(NC(=O)c3ccc(C(C)(C)C)cc3)cc2)c1. The molecule has 32 heavy (non-hydrogen) atoms. The van der Waals surface area contributed by atoms with E-state index in [1.165, 1.54) is 5.56 Å². The largest absolute Gasteiger partial charge is 0.484 e. The summed E-state index contributed by atoms with van der Waals surface area (Å²) in [6, 6.07) is 20.5.